The topological polar surface area (TPSA) is 37.3 Å². The average Bonchev–Trinajstić information content (AvgIpc) is 2.68. The van der Waals surface area contributed by atoms with E-state index in [4.69, 9.17) is 0 Å². The van der Waals surface area contributed by atoms with Crippen molar-refractivity contribution in [3.8, 4) is 0 Å². The molecule has 0 fully saturated rings. The van der Waals surface area contributed by atoms with Gasteiger partial charge in [-0.1, -0.05) is 91.0 Å². The van der Waals surface area contributed by atoms with E-state index in [1.54, 1.807) is 91.0 Å². The summed E-state index contributed by atoms with van der Waals surface area (Å²) in [5, 5.41) is 11.3. The van der Waals surface area contributed by atoms with Gasteiger partial charge in [-0.2, -0.15) is 0 Å². The van der Waals surface area contributed by atoms with Crippen LogP contribution < -0.4 is 10.6 Å². The van der Waals surface area contributed by atoms with E-state index >= 15 is 4.39 Å². The van der Waals surface area contributed by atoms with Gasteiger partial charge in [0.15, 0.2) is 13.1 Å². The number of aliphatic hydroxyl groups is 1. The lowest BCUT2D eigenvalue weighted by molar-refractivity contribution is 0.119. The van der Waals surface area contributed by atoms with Crippen molar-refractivity contribution >= 4 is 17.8 Å². The van der Waals surface area contributed by atoms with Crippen molar-refractivity contribution < 1.29 is 14.1 Å². The molecule has 122 valence electrons. The zero-order valence-electron chi connectivity index (χ0n) is 13.0. The lowest BCUT2D eigenvalue weighted by atomic mass is 10.1. The zero-order valence-corrected chi connectivity index (χ0v) is 13.9. The van der Waals surface area contributed by atoms with Crippen molar-refractivity contribution in [2.75, 3.05) is 0 Å². The van der Waals surface area contributed by atoms with Crippen LogP contribution in [0.4, 0.5) is 4.39 Å². The van der Waals surface area contributed by atoms with Crippen LogP contribution in [-0.2, 0) is 4.57 Å². The summed E-state index contributed by atoms with van der Waals surface area (Å²) in [6.45, 7) is 0. The van der Waals surface area contributed by atoms with Crippen molar-refractivity contribution in [1.29, 1.82) is 0 Å². The van der Waals surface area contributed by atoms with Gasteiger partial charge in [0.25, 0.3) is 0 Å². The highest BCUT2D eigenvalue weighted by Gasteiger charge is 2.41. The summed E-state index contributed by atoms with van der Waals surface area (Å²) in [4.78, 5) is 0. The zero-order chi connectivity index (χ0) is 17.0. The first-order valence-electron chi connectivity index (χ1n) is 7.72. The highest BCUT2D eigenvalue weighted by atomic mass is 31.2. The number of aliphatic hydroxyl groups excluding tert-OH is 1. The Morgan fingerprint density at radius 2 is 1.08 bits per heavy atom. The molecule has 0 aliphatic carbocycles. The first kappa shape index (κ1) is 16.6. The summed E-state index contributed by atoms with van der Waals surface area (Å²) in [7, 11) is -3.65. The predicted molar refractivity (Wildman–Crippen MR) is 96.1 cm³/mol. The van der Waals surface area contributed by atoms with E-state index in [1.807, 2.05) is 0 Å². The fourth-order valence-electron chi connectivity index (χ4n) is 2.74. The molecule has 4 heteroatoms. The van der Waals surface area contributed by atoms with Gasteiger partial charge in [0.05, 0.1) is 0 Å². The third-order valence-corrected chi connectivity index (χ3v) is 7.14. The third kappa shape index (κ3) is 3.06. The van der Waals surface area contributed by atoms with Crippen LogP contribution in [0.25, 0.3) is 0 Å². The fourth-order valence-corrected chi connectivity index (χ4v) is 5.41. The molecule has 0 heterocycles. The third-order valence-electron chi connectivity index (χ3n) is 4.03. The van der Waals surface area contributed by atoms with Gasteiger partial charge in [0, 0.05) is 10.6 Å². The van der Waals surface area contributed by atoms with Crippen LogP contribution in [0.2, 0.25) is 0 Å². The lowest BCUT2D eigenvalue weighted by Crippen LogP contribution is -2.27. The van der Waals surface area contributed by atoms with Crippen LogP contribution in [0.1, 0.15) is 11.7 Å². The molecule has 3 aromatic rings. The number of hydrogen-bond donors (Lipinski definition) is 1. The van der Waals surface area contributed by atoms with Gasteiger partial charge < -0.3 is 9.67 Å². The molecule has 1 N–H and O–H groups in total. The molecule has 0 radical (unpaired) electrons. The Kier molecular flexibility index (Phi) is 4.94. The molecule has 24 heavy (non-hydrogen) atoms. The van der Waals surface area contributed by atoms with Crippen molar-refractivity contribution in [1.82, 2.24) is 0 Å². The Hall–Kier alpha value is -2.22. The Morgan fingerprint density at radius 3 is 1.50 bits per heavy atom. The van der Waals surface area contributed by atoms with Gasteiger partial charge >= 0.3 is 0 Å². The number of benzene rings is 3. The Bertz CT molecular complexity index is 779. The smallest absolute Gasteiger partial charge is 0.190 e. The molecule has 0 amide bonds. The van der Waals surface area contributed by atoms with E-state index in [2.05, 4.69) is 0 Å². The van der Waals surface area contributed by atoms with Gasteiger partial charge in [-0.3, -0.25) is 0 Å². The van der Waals surface area contributed by atoms with Crippen LogP contribution in [0.15, 0.2) is 91.0 Å². The molecule has 3 rings (SSSR count). The summed E-state index contributed by atoms with van der Waals surface area (Å²) in [6.07, 6.45) is -1.46. The maximum absolute atomic E-state index is 15.4. The van der Waals surface area contributed by atoms with Crippen LogP contribution in [0, 0.1) is 0 Å². The van der Waals surface area contributed by atoms with E-state index in [0.717, 1.165) is 0 Å². The molecular formula is C20H18FO2P. The summed E-state index contributed by atoms with van der Waals surface area (Å²) in [5.74, 6) is -1.93. The van der Waals surface area contributed by atoms with Crippen LogP contribution >= 0.6 is 7.14 Å². The lowest BCUT2D eigenvalue weighted by Gasteiger charge is -2.26. The number of rotatable bonds is 5. The van der Waals surface area contributed by atoms with Crippen molar-refractivity contribution in [2.45, 2.75) is 12.0 Å². The van der Waals surface area contributed by atoms with Crippen molar-refractivity contribution in [3.63, 3.8) is 0 Å². The Morgan fingerprint density at radius 1 is 0.708 bits per heavy atom. The first-order valence-corrected chi connectivity index (χ1v) is 9.49. The van der Waals surface area contributed by atoms with Crippen LogP contribution in [0.5, 0.6) is 0 Å². The standard InChI is InChI=1S/C20H18FO2P/c21-20(19(22)16-10-4-1-5-11-16)24(23,17-12-6-2-7-13-17)18-14-8-3-9-15-18/h1-15,19-20,22H. The van der Waals surface area contributed by atoms with E-state index in [0.29, 0.717) is 16.2 Å². The second-order valence-corrected chi connectivity index (χ2v) is 8.40. The molecule has 0 bridgehead atoms. The van der Waals surface area contributed by atoms with Gasteiger partial charge in [0.1, 0.15) is 6.10 Å². The normalized spacial score (nSPS) is 14.1. The molecule has 0 saturated carbocycles. The number of alkyl halides is 1. The summed E-state index contributed by atoms with van der Waals surface area (Å²) >= 11 is 0. The molecular weight excluding hydrogens is 322 g/mol. The van der Waals surface area contributed by atoms with Gasteiger partial charge in [-0.15, -0.1) is 0 Å². The summed E-state index contributed by atoms with van der Waals surface area (Å²) in [5.41, 5.74) is 0.414. The number of halogens is 1. The second-order valence-electron chi connectivity index (χ2n) is 5.56. The van der Waals surface area contributed by atoms with Crippen LogP contribution in [0.3, 0.4) is 0 Å². The molecule has 2 unspecified atom stereocenters. The van der Waals surface area contributed by atoms with E-state index < -0.39 is 19.2 Å². The first-order chi connectivity index (χ1) is 11.6. The maximum atomic E-state index is 15.4. The van der Waals surface area contributed by atoms with E-state index in [9.17, 15) is 9.67 Å². The summed E-state index contributed by atoms with van der Waals surface area (Å²) < 4.78 is 29.2. The Balaban J connectivity index is 2.11. The minimum absolute atomic E-state index is 0.402. The van der Waals surface area contributed by atoms with E-state index in [-0.39, 0.29) is 0 Å². The molecule has 0 saturated heterocycles. The van der Waals surface area contributed by atoms with E-state index in [1.165, 1.54) is 0 Å². The fraction of sp³-hybridized carbons (Fsp3) is 0.100. The molecule has 0 spiro atoms. The SMILES string of the molecule is O=P(c1ccccc1)(c1ccccc1)C(F)C(O)c1ccccc1. The molecule has 0 aliphatic heterocycles. The monoisotopic (exact) mass is 340 g/mol. The second kappa shape index (κ2) is 7.12. The highest BCUT2D eigenvalue weighted by molar-refractivity contribution is 7.79. The average molecular weight is 340 g/mol. The quantitative estimate of drug-likeness (QED) is 0.712. The maximum Gasteiger partial charge on any atom is 0.190 e. The van der Waals surface area contributed by atoms with Gasteiger partial charge in [-0.25, -0.2) is 4.39 Å². The minimum Gasteiger partial charge on any atom is -0.385 e. The molecule has 3 aromatic carbocycles. The highest BCUT2D eigenvalue weighted by Crippen LogP contribution is 2.53. The molecule has 0 aliphatic rings. The molecule has 2 nitrogen and oxygen atoms in total. The largest absolute Gasteiger partial charge is 0.385 e. The van der Waals surface area contributed by atoms with Gasteiger partial charge in [0.2, 0.25) is 0 Å². The molecule has 2 atom stereocenters. The summed E-state index contributed by atoms with van der Waals surface area (Å²) in [6, 6.07) is 25.6. The van der Waals surface area contributed by atoms with Crippen LogP contribution in [-0.4, -0.2) is 11.0 Å². The van der Waals surface area contributed by atoms with Gasteiger partial charge in [-0.05, 0) is 5.56 Å². The predicted octanol–water partition coefficient (Wildman–Crippen LogP) is 4.03. The Labute approximate surface area is 141 Å². The van der Waals surface area contributed by atoms with Crippen molar-refractivity contribution in [2.24, 2.45) is 0 Å². The molecule has 0 aromatic heterocycles. The van der Waals surface area contributed by atoms with Crippen molar-refractivity contribution in [3.05, 3.63) is 96.6 Å². The number of hydrogen-bond acceptors (Lipinski definition) is 2. The minimum atomic E-state index is -3.65.